The number of hydrogen-bond acceptors (Lipinski definition) is 5. The van der Waals surface area contributed by atoms with Gasteiger partial charge in [0.25, 0.3) is 5.91 Å². The number of nitrogens with one attached hydrogen (secondary N) is 2. The highest BCUT2D eigenvalue weighted by atomic mass is 32.2. The Balaban J connectivity index is 1.39. The van der Waals surface area contributed by atoms with Gasteiger partial charge in [0, 0.05) is 18.3 Å². The quantitative estimate of drug-likeness (QED) is 0.319. The summed E-state index contributed by atoms with van der Waals surface area (Å²) in [4.78, 5) is 25.5. The van der Waals surface area contributed by atoms with E-state index < -0.39 is 0 Å². The first-order chi connectivity index (χ1) is 17.1. The third-order valence-corrected chi connectivity index (χ3v) is 6.52. The van der Waals surface area contributed by atoms with Gasteiger partial charge >= 0.3 is 0 Å². The molecule has 178 valence electrons. The van der Waals surface area contributed by atoms with Crippen LogP contribution in [-0.2, 0) is 18.3 Å². The predicted octanol–water partition coefficient (Wildman–Crippen LogP) is 4.65. The van der Waals surface area contributed by atoms with Crippen molar-refractivity contribution in [3.8, 4) is 0 Å². The Labute approximate surface area is 209 Å². The maximum atomic E-state index is 13.2. The third-order valence-electron chi connectivity index (χ3n) is 5.48. The largest absolute Gasteiger partial charge is 0.345 e. The Hall–Kier alpha value is -3.91. The smallest absolute Gasteiger partial charge is 0.251 e. The van der Waals surface area contributed by atoms with Crippen molar-refractivity contribution in [2.45, 2.75) is 24.0 Å². The molecule has 1 aromatic heterocycles. The molecule has 0 aliphatic carbocycles. The van der Waals surface area contributed by atoms with Gasteiger partial charge < -0.3 is 15.2 Å². The lowest BCUT2D eigenvalue weighted by Crippen LogP contribution is -2.29. The molecular weight excluding hydrogens is 458 g/mol. The number of anilines is 1. The third kappa shape index (κ3) is 7.04. The minimum absolute atomic E-state index is 0.134. The Morgan fingerprint density at radius 3 is 2.43 bits per heavy atom. The summed E-state index contributed by atoms with van der Waals surface area (Å²) < 4.78 is 1.75. The highest BCUT2D eigenvalue weighted by Gasteiger charge is 2.17. The standard InChI is InChI=1S/C27H27N5O2S/c1-32-19-28-31-27(32)35-18-25(33)29-23-14-8-13-22(17-23)26(34)30-24(21-11-6-3-7-12-21)16-15-20-9-4-2-5-10-20/h2-14,17,19,24H,15-16,18H2,1H3,(H,29,33)(H,30,34). The van der Waals surface area contributed by atoms with Gasteiger partial charge in [-0.05, 0) is 42.2 Å². The number of rotatable bonds is 10. The minimum Gasteiger partial charge on any atom is -0.345 e. The van der Waals surface area contributed by atoms with Crippen molar-refractivity contribution in [3.63, 3.8) is 0 Å². The fourth-order valence-corrected chi connectivity index (χ4v) is 4.36. The monoisotopic (exact) mass is 485 g/mol. The highest BCUT2D eigenvalue weighted by Crippen LogP contribution is 2.21. The molecule has 0 aliphatic rings. The first-order valence-electron chi connectivity index (χ1n) is 11.3. The molecule has 0 saturated carbocycles. The fourth-order valence-electron chi connectivity index (χ4n) is 3.67. The molecule has 2 N–H and O–H groups in total. The summed E-state index contributed by atoms with van der Waals surface area (Å²) in [6.45, 7) is 0. The van der Waals surface area contributed by atoms with E-state index in [9.17, 15) is 9.59 Å². The summed E-state index contributed by atoms with van der Waals surface area (Å²) in [5.74, 6) is -0.171. The summed E-state index contributed by atoms with van der Waals surface area (Å²) in [5.41, 5.74) is 3.35. The molecule has 35 heavy (non-hydrogen) atoms. The van der Waals surface area contributed by atoms with Gasteiger partial charge in [-0.1, -0.05) is 78.5 Å². The van der Waals surface area contributed by atoms with Crippen molar-refractivity contribution in [2.75, 3.05) is 11.1 Å². The van der Waals surface area contributed by atoms with E-state index in [4.69, 9.17) is 0 Å². The SMILES string of the molecule is Cn1cnnc1SCC(=O)Nc1cccc(C(=O)NC(CCc2ccccc2)c2ccccc2)c1. The van der Waals surface area contributed by atoms with Crippen LogP contribution in [0.15, 0.2) is 96.4 Å². The lowest BCUT2D eigenvalue weighted by atomic mass is 9.98. The number of hydrogen-bond donors (Lipinski definition) is 2. The number of amides is 2. The van der Waals surface area contributed by atoms with E-state index in [1.807, 2.05) is 55.6 Å². The van der Waals surface area contributed by atoms with Crippen LogP contribution < -0.4 is 10.6 Å². The molecule has 8 heteroatoms. The van der Waals surface area contributed by atoms with Crippen LogP contribution in [-0.4, -0.2) is 32.3 Å². The predicted molar refractivity (Wildman–Crippen MR) is 138 cm³/mol. The van der Waals surface area contributed by atoms with Gasteiger partial charge in [0.05, 0.1) is 11.8 Å². The molecule has 1 atom stereocenters. The van der Waals surface area contributed by atoms with Gasteiger partial charge in [-0.3, -0.25) is 9.59 Å². The second-order valence-electron chi connectivity index (χ2n) is 8.10. The molecule has 4 rings (SSSR count). The molecule has 0 saturated heterocycles. The summed E-state index contributed by atoms with van der Waals surface area (Å²) in [6.07, 6.45) is 3.21. The molecule has 0 bridgehead atoms. The number of nitrogens with zero attached hydrogens (tertiary/aromatic N) is 3. The van der Waals surface area contributed by atoms with E-state index in [2.05, 4.69) is 33.0 Å². The molecule has 1 heterocycles. The highest BCUT2D eigenvalue weighted by molar-refractivity contribution is 7.99. The van der Waals surface area contributed by atoms with Crippen LogP contribution in [0.25, 0.3) is 0 Å². The maximum absolute atomic E-state index is 13.2. The maximum Gasteiger partial charge on any atom is 0.251 e. The molecule has 3 aromatic carbocycles. The molecule has 7 nitrogen and oxygen atoms in total. The van der Waals surface area contributed by atoms with Crippen LogP contribution in [0.3, 0.4) is 0 Å². The van der Waals surface area contributed by atoms with Crippen molar-refractivity contribution in [1.29, 1.82) is 0 Å². The van der Waals surface area contributed by atoms with E-state index >= 15 is 0 Å². The van der Waals surface area contributed by atoms with E-state index in [1.54, 1.807) is 35.2 Å². The van der Waals surface area contributed by atoms with Gasteiger partial charge in [-0.25, -0.2) is 0 Å². The second-order valence-corrected chi connectivity index (χ2v) is 9.05. The minimum atomic E-state index is -0.184. The Kier molecular flexibility index (Phi) is 8.30. The number of thioether (sulfide) groups is 1. The van der Waals surface area contributed by atoms with E-state index in [0.717, 1.165) is 18.4 Å². The zero-order valence-electron chi connectivity index (χ0n) is 19.4. The van der Waals surface area contributed by atoms with Crippen LogP contribution in [0.5, 0.6) is 0 Å². The Morgan fingerprint density at radius 2 is 1.71 bits per heavy atom. The van der Waals surface area contributed by atoms with Crippen molar-refractivity contribution in [2.24, 2.45) is 7.05 Å². The van der Waals surface area contributed by atoms with Gasteiger partial charge in [0.1, 0.15) is 6.33 Å². The number of benzene rings is 3. The molecular formula is C27H27N5O2S. The zero-order valence-corrected chi connectivity index (χ0v) is 20.2. The average molecular weight is 486 g/mol. The molecule has 0 spiro atoms. The van der Waals surface area contributed by atoms with Gasteiger partial charge in [0.2, 0.25) is 5.91 Å². The second kappa shape index (κ2) is 12.0. The molecule has 4 aromatic rings. The van der Waals surface area contributed by atoms with Crippen molar-refractivity contribution in [1.82, 2.24) is 20.1 Å². The Bertz CT molecular complexity index is 1260. The lowest BCUT2D eigenvalue weighted by molar-refractivity contribution is -0.113. The fraction of sp³-hybridized carbons (Fsp3) is 0.185. The molecule has 0 fully saturated rings. The van der Waals surface area contributed by atoms with E-state index in [1.165, 1.54) is 17.3 Å². The number of carbonyl (C=O) groups is 2. The van der Waals surface area contributed by atoms with Crippen LogP contribution in [0.4, 0.5) is 5.69 Å². The van der Waals surface area contributed by atoms with E-state index in [-0.39, 0.29) is 23.6 Å². The topological polar surface area (TPSA) is 88.9 Å². The van der Waals surface area contributed by atoms with Crippen LogP contribution >= 0.6 is 11.8 Å². The van der Waals surface area contributed by atoms with Gasteiger partial charge in [-0.15, -0.1) is 10.2 Å². The van der Waals surface area contributed by atoms with Crippen molar-refractivity contribution < 1.29 is 9.59 Å². The van der Waals surface area contributed by atoms with Crippen LogP contribution in [0, 0.1) is 0 Å². The molecule has 2 amide bonds. The molecule has 0 radical (unpaired) electrons. The van der Waals surface area contributed by atoms with Gasteiger partial charge in [-0.2, -0.15) is 0 Å². The average Bonchev–Trinajstić information content (AvgIpc) is 3.31. The number of carbonyl (C=O) groups excluding carboxylic acids is 2. The molecule has 0 aliphatic heterocycles. The van der Waals surface area contributed by atoms with Gasteiger partial charge in [0.15, 0.2) is 5.16 Å². The number of aromatic nitrogens is 3. The van der Waals surface area contributed by atoms with Crippen LogP contribution in [0.2, 0.25) is 0 Å². The molecule has 1 unspecified atom stereocenters. The van der Waals surface area contributed by atoms with Crippen molar-refractivity contribution in [3.05, 3.63) is 108 Å². The summed E-state index contributed by atoms with van der Waals surface area (Å²) in [5, 5.41) is 14.5. The van der Waals surface area contributed by atoms with E-state index in [0.29, 0.717) is 16.4 Å². The lowest BCUT2D eigenvalue weighted by Gasteiger charge is -2.20. The van der Waals surface area contributed by atoms with Crippen LogP contribution in [0.1, 0.15) is 33.9 Å². The first-order valence-corrected chi connectivity index (χ1v) is 12.3. The summed E-state index contributed by atoms with van der Waals surface area (Å²) in [6, 6.07) is 27.1. The van der Waals surface area contributed by atoms with Crippen molar-refractivity contribution >= 4 is 29.3 Å². The normalized spacial score (nSPS) is 11.6. The zero-order chi connectivity index (χ0) is 24.5. The number of aryl methyl sites for hydroxylation is 2. The summed E-state index contributed by atoms with van der Waals surface area (Å²) in [7, 11) is 1.82. The Morgan fingerprint density at radius 1 is 0.971 bits per heavy atom. The summed E-state index contributed by atoms with van der Waals surface area (Å²) >= 11 is 1.30. The first kappa shape index (κ1) is 24.2.